The highest BCUT2D eigenvalue weighted by Gasteiger charge is 2.21. The Bertz CT molecular complexity index is 282. The van der Waals surface area contributed by atoms with Crippen LogP contribution in [0, 0.1) is 0 Å². The molecule has 0 aromatic rings. The molecule has 1 aliphatic heterocycles. The monoisotopic (exact) mass is 253 g/mol. The van der Waals surface area contributed by atoms with Crippen molar-refractivity contribution in [2.45, 2.75) is 37.3 Å². The second-order valence-corrected chi connectivity index (χ2v) is 7.73. The van der Waals surface area contributed by atoms with E-state index in [-0.39, 0.29) is 16.4 Å². The van der Waals surface area contributed by atoms with E-state index in [0.29, 0.717) is 6.54 Å². The average Bonchev–Trinajstić information content (AvgIpc) is 2.17. The standard InChI is InChI=1S/C10H20ClNO2S/c1-9(2)15(13,14)8-7-12-5-3-10(11)4-6-12/h9-10H,3-8H2,1-2H3. The fourth-order valence-corrected chi connectivity index (χ4v) is 2.80. The number of halogens is 1. The van der Waals surface area contributed by atoms with E-state index in [1.807, 2.05) is 0 Å². The van der Waals surface area contributed by atoms with Gasteiger partial charge in [-0.3, -0.25) is 0 Å². The van der Waals surface area contributed by atoms with Crippen LogP contribution in [0.5, 0.6) is 0 Å². The second kappa shape index (κ2) is 5.51. The van der Waals surface area contributed by atoms with Gasteiger partial charge in [0.25, 0.3) is 0 Å². The summed E-state index contributed by atoms with van der Waals surface area (Å²) < 4.78 is 23.2. The first-order valence-corrected chi connectivity index (χ1v) is 7.65. The van der Waals surface area contributed by atoms with Gasteiger partial charge in [-0.25, -0.2) is 8.42 Å². The topological polar surface area (TPSA) is 37.4 Å². The SMILES string of the molecule is CC(C)S(=O)(=O)CCN1CCC(Cl)CC1. The Morgan fingerprint density at radius 3 is 2.33 bits per heavy atom. The summed E-state index contributed by atoms with van der Waals surface area (Å²) in [7, 11) is -2.89. The van der Waals surface area contributed by atoms with E-state index >= 15 is 0 Å². The van der Waals surface area contributed by atoms with Crippen LogP contribution in [0.25, 0.3) is 0 Å². The van der Waals surface area contributed by atoms with Crippen molar-refractivity contribution in [2.75, 3.05) is 25.4 Å². The van der Waals surface area contributed by atoms with Gasteiger partial charge in [-0.2, -0.15) is 0 Å². The molecule has 0 spiro atoms. The Labute approximate surface area is 97.7 Å². The van der Waals surface area contributed by atoms with E-state index in [4.69, 9.17) is 11.6 Å². The van der Waals surface area contributed by atoms with E-state index in [2.05, 4.69) is 4.90 Å². The summed E-state index contributed by atoms with van der Waals surface area (Å²) in [6.07, 6.45) is 1.95. The van der Waals surface area contributed by atoms with Gasteiger partial charge in [-0.15, -0.1) is 11.6 Å². The van der Waals surface area contributed by atoms with Crippen LogP contribution < -0.4 is 0 Å². The minimum Gasteiger partial charge on any atom is -0.302 e. The van der Waals surface area contributed by atoms with Crippen molar-refractivity contribution in [3.05, 3.63) is 0 Å². The van der Waals surface area contributed by atoms with Crippen LogP contribution in [0.4, 0.5) is 0 Å². The first-order chi connectivity index (χ1) is 6.92. The minimum absolute atomic E-state index is 0.261. The Morgan fingerprint density at radius 2 is 1.87 bits per heavy atom. The summed E-state index contributed by atoms with van der Waals surface area (Å²) >= 11 is 5.98. The number of alkyl halides is 1. The van der Waals surface area contributed by atoms with Crippen LogP contribution in [0.1, 0.15) is 26.7 Å². The Morgan fingerprint density at radius 1 is 1.33 bits per heavy atom. The molecule has 0 bridgehead atoms. The van der Waals surface area contributed by atoms with Gasteiger partial charge in [0, 0.05) is 11.9 Å². The van der Waals surface area contributed by atoms with Crippen LogP contribution in [0.2, 0.25) is 0 Å². The molecule has 0 unspecified atom stereocenters. The highest BCUT2D eigenvalue weighted by molar-refractivity contribution is 7.92. The molecule has 0 aromatic carbocycles. The fourth-order valence-electron chi connectivity index (χ4n) is 1.62. The van der Waals surface area contributed by atoms with Gasteiger partial charge in [0.05, 0.1) is 11.0 Å². The lowest BCUT2D eigenvalue weighted by Gasteiger charge is -2.29. The van der Waals surface area contributed by atoms with Gasteiger partial charge < -0.3 is 4.90 Å². The molecular weight excluding hydrogens is 234 g/mol. The van der Waals surface area contributed by atoms with Crippen molar-refractivity contribution >= 4 is 21.4 Å². The largest absolute Gasteiger partial charge is 0.302 e. The van der Waals surface area contributed by atoms with E-state index < -0.39 is 9.84 Å². The zero-order chi connectivity index (χ0) is 11.5. The third-order valence-corrected chi connectivity index (χ3v) is 5.55. The lowest BCUT2D eigenvalue weighted by molar-refractivity contribution is 0.243. The fraction of sp³-hybridized carbons (Fsp3) is 1.00. The number of hydrogen-bond donors (Lipinski definition) is 0. The summed E-state index contributed by atoms with van der Waals surface area (Å²) in [4.78, 5) is 2.19. The molecule has 15 heavy (non-hydrogen) atoms. The van der Waals surface area contributed by atoms with Crippen molar-refractivity contribution in [1.29, 1.82) is 0 Å². The number of rotatable bonds is 4. The molecule has 1 aliphatic rings. The maximum Gasteiger partial charge on any atom is 0.153 e. The molecule has 0 amide bonds. The number of likely N-dealkylation sites (tertiary alicyclic amines) is 1. The lowest BCUT2D eigenvalue weighted by Crippen LogP contribution is -2.38. The van der Waals surface area contributed by atoms with Crippen molar-refractivity contribution in [3.8, 4) is 0 Å². The summed E-state index contributed by atoms with van der Waals surface area (Å²) in [5.74, 6) is 0.275. The third-order valence-electron chi connectivity index (χ3n) is 2.93. The molecule has 1 rings (SSSR count). The van der Waals surface area contributed by atoms with Crippen molar-refractivity contribution < 1.29 is 8.42 Å². The highest BCUT2D eigenvalue weighted by atomic mass is 35.5. The van der Waals surface area contributed by atoms with Gasteiger partial charge in [-0.05, 0) is 39.8 Å². The molecule has 0 N–H and O–H groups in total. The number of hydrogen-bond acceptors (Lipinski definition) is 3. The summed E-state index contributed by atoms with van der Waals surface area (Å²) in [5.41, 5.74) is 0. The van der Waals surface area contributed by atoms with Gasteiger partial charge >= 0.3 is 0 Å². The summed E-state index contributed by atoms with van der Waals surface area (Å²) in [6.45, 7) is 5.99. The molecule has 0 aromatic heterocycles. The van der Waals surface area contributed by atoms with Gasteiger partial charge in [-0.1, -0.05) is 0 Å². The first kappa shape index (κ1) is 13.3. The second-order valence-electron chi connectivity index (χ2n) is 4.43. The van der Waals surface area contributed by atoms with E-state index in [0.717, 1.165) is 25.9 Å². The molecular formula is C10H20ClNO2S. The quantitative estimate of drug-likeness (QED) is 0.713. The zero-order valence-electron chi connectivity index (χ0n) is 9.45. The third kappa shape index (κ3) is 4.29. The normalized spacial score (nSPS) is 21.1. The molecule has 0 atom stereocenters. The molecule has 0 aliphatic carbocycles. The maximum absolute atomic E-state index is 11.6. The van der Waals surface area contributed by atoms with Crippen LogP contribution in [0.3, 0.4) is 0 Å². The van der Waals surface area contributed by atoms with Crippen molar-refractivity contribution in [3.63, 3.8) is 0 Å². The van der Waals surface area contributed by atoms with Crippen LogP contribution in [-0.4, -0.2) is 49.3 Å². The minimum atomic E-state index is -2.89. The van der Waals surface area contributed by atoms with Crippen molar-refractivity contribution in [2.24, 2.45) is 0 Å². The van der Waals surface area contributed by atoms with E-state index in [1.165, 1.54) is 0 Å². The first-order valence-electron chi connectivity index (χ1n) is 5.50. The molecule has 90 valence electrons. The lowest BCUT2D eigenvalue weighted by atomic mass is 10.1. The van der Waals surface area contributed by atoms with Crippen LogP contribution in [-0.2, 0) is 9.84 Å². The Hall–Kier alpha value is 0.200. The molecule has 1 fully saturated rings. The Balaban J connectivity index is 2.32. The van der Waals surface area contributed by atoms with Crippen LogP contribution >= 0.6 is 11.6 Å². The van der Waals surface area contributed by atoms with E-state index in [9.17, 15) is 8.42 Å². The highest BCUT2D eigenvalue weighted by Crippen LogP contribution is 2.15. The van der Waals surface area contributed by atoms with Gasteiger partial charge in [0.15, 0.2) is 9.84 Å². The summed E-state index contributed by atoms with van der Waals surface area (Å²) in [6, 6.07) is 0. The number of nitrogens with zero attached hydrogens (tertiary/aromatic N) is 1. The predicted molar refractivity (Wildman–Crippen MR) is 64.2 cm³/mol. The molecule has 3 nitrogen and oxygen atoms in total. The van der Waals surface area contributed by atoms with Gasteiger partial charge in [0.2, 0.25) is 0 Å². The average molecular weight is 254 g/mol. The van der Waals surface area contributed by atoms with E-state index in [1.54, 1.807) is 13.8 Å². The zero-order valence-corrected chi connectivity index (χ0v) is 11.0. The maximum atomic E-state index is 11.6. The molecule has 1 heterocycles. The summed E-state index contributed by atoms with van der Waals surface area (Å²) in [5, 5.41) is 0.0195. The molecule has 0 saturated carbocycles. The predicted octanol–water partition coefficient (Wildman–Crippen LogP) is 1.51. The molecule has 1 saturated heterocycles. The molecule has 0 radical (unpaired) electrons. The molecule has 5 heteroatoms. The number of sulfone groups is 1. The smallest absolute Gasteiger partial charge is 0.153 e. The number of piperidine rings is 1. The van der Waals surface area contributed by atoms with Crippen molar-refractivity contribution in [1.82, 2.24) is 4.90 Å². The van der Waals surface area contributed by atoms with Gasteiger partial charge in [0.1, 0.15) is 0 Å². The Kier molecular flexibility index (Phi) is 4.87. The van der Waals surface area contributed by atoms with Crippen LogP contribution in [0.15, 0.2) is 0 Å².